The lowest BCUT2D eigenvalue weighted by Crippen LogP contribution is -2.27. The maximum atomic E-state index is 4.45. The molecular weight excluding hydrogens is 262 g/mol. The number of fused-ring (bicyclic) bond motifs is 1. The van der Waals surface area contributed by atoms with E-state index >= 15 is 0 Å². The highest BCUT2D eigenvalue weighted by molar-refractivity contribution is 7.12. The second-order valence-electron chi connectivity index (χ2n) is 4.62. The van der Waals surface area contributed by atoms with Crippen molar-refractivity contribution in [3.63, 3.8) is 0 Å². The first kappa shape index (κ1) is 11.6. The van der Waals surface area contributed by atoms with Gasteiger partial charge in [0.15, 0.2) is 0 Å². The molecule has 5 heteroatoms. The Morgan fingerprint density at radius 2 is 2.06 bits per heavy atom. The molecule has 2 heterocycles. The minimum atomic E-state index is -0.177. The summed E-state index contributed by atoms with van der Waals surface area (Å²) in [6, 6.07) is 8.18. The van der Waals surface area contributed by atoms with Crippen LogP contribution in [0.5, 0.6) is 0 Å². The fraction of sp³-hybridized carbons (Fsp3) is 0.231. The van der Waals surface area contributed by atoms with Crippen LogP contribution < -0.4 is 5.32 Å². The predicted octanol–water partition coefficient (Wildman–Crippen LogP) is 4.10. The molecule has 0 unspecified atom stereocenters. The SMILES string of the molecule is CC(C)(Nc1snc2ccccc12)c1nccs1. The molecule has 0 saturated carbocycles. The molecule has 0 bridgehead atoms. The number of aromatic nitrogens is 2. The number of nitrogens with one attached hydrogen (secondary N) is 1. The van der Waals surface area contributed by atoms with Crippen LogP contribution in [0.25, 0.3) is 10.9 Å². The molecule has 0 radical (unpaired) electrons. The molecule has 92 valence electrons. The molecule has 1 aromatic carbocycles. The normalized spacial score (nSPS) is 11.9. The molecule has 0 atom stereocenters. The van der Waals surface area contributed by atoms with Gasteiger partial charge >= 0.3 is 0 Å². The number of thiazole rings is 1. The zero-order valence-electron chi connectivity index (χ0n) is 10.2. The molecule has 0 aliphatic heterocycles. The Labute approximate surface area is 114 Å². The summed E-state index contributed by atoms with van der Waals surface area (Å²) in [6.07, 6.45) is 1.84. The van der Waals surface area contributed by atoms with Crippen LogP contribution in [-0.2, 0) is 5.54 Å². The van der Waals surface area contributed by atoms with Crippen LogP contribution in [0.3, 0.4) is 0 Å². The molecule has 0 amide bonds. The van der Waals surface area contributed by atoms with Crippen molar-refractivity contribution < 1.29 is 0 Å². The monoisotopic (exact) mass is 275 g/mol. The molecule has 0 spiro atoms. The van der Waals surface area contributed by atoms with Gasteiger partial charge < -0.3 is 5.32 Å². The molecule has 18 heavy (non-hydrogen) atoms. The zero-order chi connectivity index (χ0) is 12.6. The topological polar surface area (TPSA) is 37.8 Å². The molecule has 2 aromatic heterocycles. The standard InChI is InChI=1S/C13H13N3S2/c1-13(2,12-14-7-8-17-12)15-11-9-5-3-4-6-10(9)16-18-11/h3-8,15H,1-2H3. The van der Waals surface area contributed by atoms with Gasteiger partial charge in [0.1, 0.15) is 10.0 Å². The Hall–Kier alpha value is -1.46. The number of anilines is 1. The van der Waals surface area contributed by atoms with Crippen LogP contribution in [-0.4, -0.2) is 9.36 Å². The Morgan fingerprint density at radius 3 is 2.83 bits per heavy atom. The molecule has 3 nitrogen and oxygen atoms in total. The van der Waals surface area contributed by atoms with Crippen LogP contribution in [0.4, 0.5) is 5.00 Å². The van der Waals surface area contributed by atoms with E-state index < -0.39 is 0 Å². The lowest BCUT2D eigenvalue weighted by atomic mass is 10.1. The third kappa shape index (κ3) is 2.00. The van der Waals surface area contributed by atoms with Crippen molar-refractivity contribution in [2.45, 2.75) is 19.4 Å². The fourth-order valence-electron chi connectivity index (χ4n) is 1.85. The first-order valence-corrected chi connectivity index (χ1v) is 7.35. The van der Waals surface area contributed by atoms with Crippen molar-refractivity contribution in [3.8, 4) is 0 Å². The summed E-state index contributed by atoms with van der Waals surface area (Å²) < 4.78 is 4.45. The van der Waals surface area contributed by atoms with E-state index in [4.69, 9.17) is 0 Å². The van der Waals surface area contributed by atoms with E-state index in [2.05, 4.69) is 34.6 Å². The van der Waals surface area contributed by atoms with Crippen LogP contribution in [0, 0.1) is 0 Å². The lowest BCUT2D eigenvalue weighted by Gasteiger charge is -2.24. The highest BCUT2D eigenvalue weighted by Gasteiger charge is 2.24. The van der Waals surface area contributed by atoms with E-state index in [1.165, 1.54) is 16.9 Å². The minimum absolute atomic E-state index is 0.177. The maximum absolute atomic E-state index is 4.45. The van der Waals surface area contributed by atoms with Crippen molar-refractivity contribution in [1.29, 1.82) is 0 Å². The predicted molar refractivity (Wildman–Crippen MR) is 78.4 cm³/mol. The Kier molecular flexibility index (Phi) is 2.80. The van der Waals surface area contributed by atoms with E-state index in [-0.39, 0.29) is 5.54 Å². The molecular formula is C13H13N3S2. The van der Waals surface area contributed by atoms with E-state index in [9.17, 15) is 0 Å². The van der Waals surface area contributed by atoms with Gasteiger partial charge in [-0.15, -0.1) is 11.3 Å². The first-order chi connectivity index (χ1) is 8.67. The summed E-state index contributed by atoms with van der Waals surface area (Å²) in [7, 11) is 0. The smallest absolute Gasteiger partial charge is 0.118 e. The van der Waals surface area contributed by atoms with Gasteiger partial charge in [-0.25, -0.2) is 4.98 Å². The number of benzene rings is 1. The van der Waals surface area contributed by atoms with Gasteiger partial charge in [0, 0.05) is 17.0 Å². The number of rotatable bonds is 3. The molecule has 0 aliphatic carbocycles. The van der Waals surface area contributed by atoms with E-state index in [0.717, 1.165) is 15.5 Å². The number of hydrogen-bond donors (Lipinski definition) is 1. The third-order valence-electron chi connectivity index (χ3n) is 2.78. The Bertz CT molecular complexity index is 656. The average Bonchev–Trinajstić information content (AvgIpc) is 2.99. The fourth-order valence-corrected chi connectivity index (χ4v) is 3.49. The summed E-state index contributed by atoms with van der Waals surface area (Å²) in [4.78, 5) is 4.39. The van der Waals surface area contributed by atoms with Crippen molar-refractivity contribution in [1.82, 2.24) is 9.36 Å². The first-order valence-electron chi connectivity index (χ1n) is 5.69. The van der Waals surface area contributed by atoms with E-state index in [1.54, 1.807) is 11.3 Å². The van der Waals surface area contributed by atoms with Crippen LogP contribution >= 0.6 is 22.9 Å². The molecule has 0 saturated heterocycles. The van der Waals surface area contributed by atoms with Gasteiger partial charge in [0.05, 0.1) is 11.1 Å². The lowest BCUT2D eigenvalue weighted by molar-refractivity contribution is 0.607. The van der Waals surface area contributed by atoms with Gasteiger partial charge in [-0.1, -0.05) is 12.1 Å². The second-order valence-corrected chi connectivity index (χ2v) is 6.28. The maximum Gasteiger partial charge on any atom is 0.118 e. The summed E-state index contributed by atoms with van der Waals surface area (Å²) in [5, 5.41) is 8.91. The Morgan fingerprint density at radius 1 is 1.22 bits per heavy atom. The molecule has 0 aliphatic rings. The van der Waals surface area contributed by atoms with Crippen molar-refractivity contribution in [2.75, 3.05) is 5.32 Å². The van der Waals surface area contributed by atoms with E-state index in [0.29, 0.717) is 0 Å². The van der Waals surface area contributed by atoms with Crippen molar-refractivity contribution in [2.24, 2.45) is 0 Å². The van der Waals surface area contributed by atoms with Gasteiger partial charge in [0.2, 0.25) is 0 Å². The largest absolute Gasteiger partial charge is 0.364 e. The quantitative estimate of drug-likeness (QED) is 0.782. The summed E-state index contributed by atoms with van der Waals surface area (Å²) in [6.45, 7) is 4.28. The highest BCUT2D eigenvalue weighted by atomic mass is 32.1. The van der Waals surface area contributed by atoms with Gasteiger partial charge in [-0.3, -0.25) is 0 Å². The summed E-state index contributed by atoms with van der Waals surface area (Å²) in [5.74, 6) is 0. The minimum Gasteiger partial charge on any atom is -0.364 e. The van der Waals surface area contributed by atoms with E-state index in [1.807, 2.05) is 29.8 Å². The average molecular weight is 275 g/mol. The van der Waals surface area contributed by atoms with Gasteiger partial charge in [0.25, 0.3) is 0 Å². The van der Waals surface area contributed by atoms with Crippen LogP contribution in [0.1, 0.15) is 18.9 Å². The summed E-state index contributed by atoms with van der Waals surface area (Å²) in [5.41, 5.74) is 0.864. The van der Waals surface area contributed by atoms with Crippen molar-refractivity contribution >= 4 is 38.8 Å². The number of nitrogens with zero attached hydrogens (tertiary/aromatic N) is 2. The highest BCUT2D eigenvalue weighted by Crippen LogP contribution is 2.33. The molecule has 1 N–H and O–H groups in total. The Balaban J connectivity index is 1.97. The van der Waals surface area contributed by atoms with Crippen LogP contribution in [0.2, 0.25) is 0 Å². The van der Waals surface area contributed by atoms with Crippen molar-refractivity contribution in [3.05, 3.63) is 40.8 Å². The van der Waals surface area contributed by atoms with Gasteiger partial charge in [-0.05, 0) is 37.5 Å². The number of hydrogen-bond acceptors (Lipinski definition) is 5. The molecule has 3 aromatic rings. The molecule has 3 rings (SSSR count). The third-order valence-corrected chi connectivity index (χ3v) is 4.67. The second kappa shape index (κ2) is 4.33. The van der Waals surface area contributed by atoms with Crippen LogP contribution in [0.15, 0.2) is 35.8 Å². The molecule has 0 fully saturated rings. The van der Waals surface area contributed by atoms with Gasteiger partial charge in [-0.2, -0.15) is 4.37 Å². The zero-order valence-corrected chi connectivity index (χ0v) is 11.8. The summed E-state index contributed by atoms with van der Waals surface area (Å²) >= 11 is 3.17.